The summed E-state index contributed by atoms with van der Waals surface area (Å²) in [6.07, 6.45) is -4.03. The zero-order chi connectivity index (χ0) is 17.2. The Morgan fingerprint density at radius 3 is 2.52 bits per heavy atom. The van der Waals surface area contributed by atoms with Gasteiger partial charge < -0.3 is 14.7 Å². The van der Waals surface area contributed by atoms with Gasteiger partial charge in [0, 0.05) is 19.1 Å². The second-order valence-corrected chi connectivity index (χ2v) is 6.07. The summed E-state index contributed by atoms with van der Waals surface area (Å²) >= 11 is 0. The largest absolute Gasteiger partial charge is 0.481 e. The molecule has 0 radical (unpaired) electrons. The highest BCUT2D eigenvalue weighted by molar-refractivity contribution is 5.72. The Bertz CT molecular complexity index is 458. The second kappa shape index (κ2) is 6.94. The van der Waals surface area contributed by atoms with E-state index in [1.165, 1.54) is 16.9 Å². The number of methoxy groups -OCH3 is 1. The summed E-state index contributed by atoms with van der Waals surface area (Å²) in [6.45, 7) is 0.495. The van der Waals surface area contributed by atoms with E-state index in [1.54, 1.807) is 0 Å². The third-order valence-corrected chi connectivity index (χ3v) is 4.66. The lowest BCUT2D eigenvalue weighted by Crippen LogP contribution is -2.54. The minimum absolute atomic E-state index is 0.0169. The Kier molecular flexibility index (Phi) is 5.38. The normalized spacial score (nSPS) is 29.6. The zero-order valence-corrected chi connectivity index (χ0v) is 12.9. The number of carboxylic acids is 1. The van der Waals surface area contributed by atoms with E-state index in [9.17, 15) is 22.8 Å². The Labute approximate surface area is 132 Å². The number of carbonyl (C=O) groups excluding carboxylic acids is 1. The van der Waals surface area contributed by atoms with E-state index >= 15 is 0 Å². The average Bonchev–Trinajstić information content (AvgIpc) is 2.94. The van der Waals surface area contributed by atoms with Gasteiger partial charge in [-0.2, -0.15) is 13.2 Å². The smallest absolute Gasteiger partial charge is 0.409 e. The summed E-state index contributed by atoms with van der Waals surface area (Å²) in [7, 11) is 1.21. The number of hydrogen-bond acceptors (Lipinski definition) is 4. The van der Waals surface area contributed by atoms with Crippen molar-refractivity contribution in [2.24, 2.45) is 5.92 Å². The molecular formula is C14H21F3N2O4. The van der Waals surface area contributed by atoms with Crippen molar-refractivity contribution in [3.63, 3.8) is 0 Å². The molecule has 0 aromatic heterocycles. The van der Waals surface area contributed by atoms with Crippen LogP contribution in [0.1, 0.15) is 25.7 Å². The number of carboxylic acid groups (broad SMARTS) is 1. The van der Waals surface area contributed by atoms with Gasteiger partial charge in [0.2, 0.25) is 0 Å². The lowest BCUT2D eigenvalue weighted by Gasteiger charge is -2.40. The molecule has 2 saturated heterocycles. The number of nitrogens with zero attached hydrogens (tertiary/aromatic N) is 2. The minimum atomic E-state index is -4.31. The molecule has 3 atom stereocenters. The molecule has 132 valence electrons. The van der Waals surface area contributed by atoms with Crippen LogP contribution in [0.5, 0.6) is 0 Å². The maximum atomic E-state index is 13.1. The molecule has 0 bridgehead atoms. The van der Waals surface area contributed by atoms with Gasteiger partial charge in [-0.3, -0.25) is 9.69 Å². The molecule has 1 amide bonds. The maximum Gasteiger partial charge on any atom is 0.409 e. The van der Waals surface area contributed by atoms with Crippen LogP contribution in [0.4, 0.5) is 18.0 Å². The number of aliphatic carboxylic acids is 1. The van der Waals surface area contributed by atoms with Gasteiger partial charge in [-0.25, -0.2) is 4.79 Å². The molecule has 2 rings (SSSR count). The van der Waals surface area contributed by atoms with Crippen molar-refractivity contribution in [1.29, 1.82) is 0 Å². The SMILES string of the molecule is COC(=O)N1CC[C@@H](C(=O)O)C[C@@H]1CN1CCC[C@@H]1C(F)(F)F. The first kappa shape index (κ1) is 17.8. The molecule has 2 aliphatic rings. The number of hydrogen-bond donors (Lipinski definition) is 1. The van der Waals surface area contributed by atoms with Crippen LogP contribution >= 0.6 is 0 Å². The predicted octanol–water partition coefficient (Wildman–Crippen LogP) is 1.94. The molecule has 9 heteroatoms. The number of carbonyl (C=O) groups is 2. The van der Waals surface area contributed by atoms with Crippen LogP contribution in [0, 0.1) is 5.92 Å². The van der Waals surface area contributed by atoms with Crippen LogP contribution in [0.2, 0.25) is 0 Å². The number of amides is 1. The van der Waals surface area contributed by atoms with Gasteiger partial charge in [0.25, 0.3) is 0 Å². The van der Waals surface area contributed by atoms with Gasteiger partial charge in [-0.1, -0.05) is 0 Å². The molecule has 0 unspecified atom stereocenters. The first-order chi connectivity index (χ1) is 10.7. The van der Waals surface area contributed by atoms with E-state index in [1.807, 2.05) is 0 Å². The topological polar surface area (TPSA) is 70.1 Å². The Morgan fingerprint density at radius 1 is 1.26 bits per heavy atom. The molecule has 0 aliphatic carbocycles. The summed E-state index contributed by atoms with van der Waals surface area (Å²) in [5.41, 5.74) is 0. The lowest BCUT2D eigenvalue weighted by molar-refractivity contribution is -0.178. The molecule has 0 saturated carbocycles. The molecule has 2 aliphatic heterocycles. The number of piperidine rings is 1. The summed E-state index contributed by atoms with van der Waals surface area (Å²) in [5, 5.41) is 9.15. The van der Waals surface area contributed by atoms with Crippen LogP contribution in [-0.2, 0) is 9.53 Å². The van der Waals surface area contributed by atoms with Gasteiger partial charge in [0.15, 0.2) is 0 Å². The molecule has 0 spiro atoms. The van der Waals surface area contributed by atoms with Crippen molar-refractivity contribution >= 4 is 12.1 Å². The number of halogens is 3. The van der Waals surface area contributed by atoms with Gasteiger partial charge in [-0.05, 0) is 32.2 Å². The Balaban J connectivity index is 2.11. The van der Waals surface area contributed by atoms with E-state index in [-0.39, 0.29) is 32.4 Å². The summed E-state index contributed by atoms with van der Waals surface area (Å²) < 4.78 is 43.8. The van der Waals surface area contributed by atoms with Crippen LogP contribution in [0.15, 0.2) is 0 Å². The van der Waals surface area contributed by atoms with E-state index < -0.39 is 36.2 Å². The van der Waals surface area contributed by atoms with Crippen molar-refractivity contribution in [1.82, 2.24) is 9.80 Å². The quantitative estimate of drug-likeness (QED) is 0.852. The van der Waals surface area contributed by atoms with Crippen LogP contribution in [0.25, 0.3) is 0 Å². The monoisotopic (exact) mass is 338 g/mol. The maximum absolute atomic E-state index is 13.1. The van der Waals surface area contributed by atoms with E-state index in [2.05, 4.69) is 4.74 Å². The van der Waals surface area contributed by atoms with Gasteiger partial charge in [-0.15, -0.1) is 0 Å². The standard InChI is InChI=1S/C14H21F3N2O4/c1-23-13(22)19-6-4-9(12(20)21)7-10(19)8-18-5-2-3-11(18)14(15,16)17/h9-11H,2-8H2,1H3,(H,20,21)/t9-,10-,11-/m1/s1. The van der Waals surface area contributed by atoms with Crippen molar-refractivity contribution in [3.05, 3.63) is 0 Å². The average molecular weight is 338 g/mol. The Hall–Kier alpha value is -1.51. The number of alkyl halides is 3. The predicted molar refractivity (Wildman–Crippen MR) is 73.9 cm³/mol. The molecule has 1 N–H and O–H groups in total. The highest BCUT2D eigenvalue weighted by atomic mass is 19.4. The first-order valence-electron chi connectivity index (χ1n) is 7.62. The number of rotatable bonds is 3. The fourth-order valence-corrected chi connectivity index (χ4v) is 3.49. The van der Waals surface area contributed by atoms with Crippen LogP contribution in [0.3, 0.4) is 0 Å². The van der Waals surface area contributed by atoms with Crippen molar-refractivity contribution in [2.45, 2.75) is 43.9 Å². The Morgan fingerprint density at radius 2 is 1.96 bits per heavy atom. The summed E-state index contributed by atoms with van der Waals surface area (Å²) in [5.74, 6) is -1.62. The van der Waals surface area contributed by atoms with Crippen molar-refractivity contribution in [3.8, 4) is 0 Å². The number of likely N-dealkylation sites (tertiary alicyclic amines) is 2. The van der Waals surface area contributed by atoms with Crippen molar-refractivity contribution < 1.29 is 32.6 Å². The first-order valence-corrected chi connectivity index (χ1v) is 7.62. The molecule has 0 aromatic rings. The molecule has 6 nitrogen and oxygen atoms in total. The van der Waals surface area contributed by atoms with Gasteiger partial charge in [0.05, 0.1) is 13.0 Å². The third-order valence-electron chi connectivity index (χ3n) is 4.66. The van der Waals surface area contributed by atoms with Crippen LogP contribution < -0.4 is 0 Å². The van der Waals surface area contributed by atoms with Gasteiger partial charge >= 0.3 is 18.2 Å². The minimum Gasteiger partial charge on any atom is -0.481 e. The van der Waals surface area contributed by atoms with Crippen molar-refractivity contribution in [2.75, 3.05) is 26.7 Å². The molecule has 2 heterocycles. The van der Waals surface area contributed by atoms with Gasteiger partial charge in [0.1, 0.15) is 6.04 Å². The highest BCUT2D eigenvalue weighted by Crippen LogP contribution is 2.34. The molecule has 0 aromatic carbocycles. The lowest BCUT2D eigenvalue weighted by atomic mass is 9.90. The summed E-state index contributed by atoms with van der Waals surface area (Å²) in [6, 6.07) is -2.10. The summed E-state index contributed by atoms with van der Waals surface area (Å²) in [4.78, 5) is 25.7. The fourth-order valence-electron chi connectivity index (χ4n) is 3.49. The van der Waals surface area contributed by atoms with E-state index in [4.69, 9.17) is 5.11 Å². The second-order valence-electron chi connectivity index (χ2n) is 6.07. The molecular weight excluding hydrogens is 317 g/mol. The third kappa shape index (κ3) is 4.07. The molecule has 23 heavy (non-hydrogen) atoms. The van der Waals surface area contributed by atoms with E-state index in [0.29, 0.717) is 13.0 Å². The molecule has 2 fully saturated rings. The highest BCUT2D eigenvalue weighted by Gasteiger charge is 2.47. The fraction of sp³-hybridized carbons (Fsp3) is 0.857. The van der Waals surface area contributed by atoms with Crippen LogP contribution in [-0.4, -0.2) is 72.0 Å². The van der Waals surface area contributed by atoms with E-state index in [0.717, 1.165) is 0 Å². The zero-order valence-electron chi connectivity index (χ0n) is 12.9. The number of ether oxygens (including phenoxy) is 1.